The Labute approximate surface area is 244 Å². The first-order chi connectivity index (χ1) is 20.4. The Hall–Kier alpha value is -5.16. The molecule has 2 aliphatic rings. The van der Waals surface area contributed by atoms with Crippen molar-refractivity contribution in [2.75, 3.05) is 22.5 Å². The molecule has 0 saturated heterocycles. The van der Waals surface area contributed by atoms with Crippen molar-refractivity contribution in [3.63, 3.8) is 0 Å². The number of carbonyl (C=O) groups is 2. The van der Waals surface area contributed by atoms with E-state index in [4.69, 9.17) is 17.3 Å². The number of nitrogens with two attached hydrogens (primary N) is 1. The second kappa shape index (κ2) is 9.99. The van der Waals surface area contributed by atoms with E-state index in [1.54, 1.807) is 0 Å². The summed E-state index contributed by atoms with van der Waals surface area (Å²) in [7, 11) is 0. The maximum Gasteiger partial charge on any atom is 0.416 e. The third kappa shape index (κ3) is 4.67. The minimum Gasteiger partial charge on any atom is -0.381 e. The molecule has 1 aromatic heterocycles. The molecule has 5 N–H and O–H groups in total. The molecule has 0 fully saturated rings. The van der Waals surface area contributed by atoms with Crippen molar-refractivity contribution in [2.24, 2.45) is 0 Å². The van der Waals surface area contributed by atoms with Crippen LogP contribution in [0.1, 0.15) is 44.2 Å². The predicted octanol–water partition coefficient (Wildman–Crippen LogP) is 5.91. The van der Waals surface area contributed by atoms with Gasteiger partial charge >= 0.3 is 12.2 Å². The molecule has 1 unspecified atom stereocenters. The molecule has 43 heavy (non-hydrogen) atoms. The van der Waals surface area contributed by atoms with E-state index in [-0.39, 0.29) is 51.5 Å². The first-order valence-electron chi connectivity index (χ1n) is 12.5. The Bertz CT molecular complexity index is 1900. The van der Waals surface area contributed by atoms with Crippen LogP contribution in [0.3, 0.4) is 0 Å². The summed E-state index contributed by atoms with van der Waals surface area (Å²) < 4.78 is 68.7. The van der Waals surface area contributed by atoms with Crippen molar-refractivity contribution in [3.8, 4) is 17.3 Å². The van der Waals surface area contributed by atoms with Gasteiger partial charge in [-0.2, -0.15) is 23.5 Å². The molecule has 0 radical (unpaired) electrons. The van der Waals surface area contributed by atoms with Crippen molar-refractivity contribution >= 4 is 40.7 Å². The number of rotatable bonds is 4. The molecule has 3 amide bonds. The molecule has 3 aromatic carbocycles. The van der Waals surface area contributed by atoms with Crippen LogP contribution in [-0.2, 0) is 12.6 Å². The first kappa shape index (κ1) is 28.0. The lowest BCUT2D eigenvalue weighted by Gasteiger charge is -2.35. The summed E-state index contributed by atoms with van der Waals surface area (Å²) in [5.41, 5.74) is 5.55. The van der Waals surface area contributed by atoms with Gasteiger partial charge in [-0.1, -0.05) is 11.6 Å². The SMILES string of the molecule is N#Cc1c(N)n[nH]c1-c1cc(NC(=O)c2cc(F)cc(C(F)(F)F)c2)c2c3c1CCN3C(=O)NC2c1cc(F)ccc1Cl. The number of benzene rings is 3. The molecular weight excluding hydrogens is 597 g/mol. The van der Waals surface area contributed by atoms with Crippen LogP contribution >= 0.6 is 11.6 Å². The number of halogens is 6. The molecule has 15 heteroatoms. The van der Waals surface area contributed by atoms with Crippen LogP contribution in [0.5, 0.6) is 0 Å². The summed E-state index contributed by atoms with van der Waals surface area (Å²) in [6.45, 7) is 0.187. The molecule has 0 saturated carbocycles. The Morgan fingerprint density at radius 3 is 2.65 bits per heavy atom. The number of amides is 3. The highest BCUT2D eigenvalue weighted by molar-refractivity contribution is 6.31. The Balaban J connectivity index is 1.60. The number of nitriles is 1. The quantitative estimate of drug-likeness (QED) is 0.212. The Morgan fingerprint density at radius 1 is 1.16 bits per heavy atom. The number of nitrogens with one attached hydrogen (secondary N) is 3. The number of aromatic nitrogens is 2. The van der Waals surface area contributed by atoms with Crippen LogP contribution in [0.25, 0.3) is 11.3 Å². The number of nitrogen functional groups attached to an aromatic ring is 1. The third-order valence-electron chi connectivity index (χ3n) is 7.28. The summed E-state index contributed by atoms with van der Waals surface area (Å²) in [4.78, 5) is 28.0. The van der Waals surface area contributed by atoms with Gasteiger partial charge in [-0.05, 0) is 54.4 Å². The standard InChI is InChI=1S/C28H17ClF5N7O2/c29-19-2-1-13(30)8-17(19)23-21-20(37-26(42)11-5-12(28(32,33)34)7-14(31)6-11)9-16(22-18(10-35)25(36)40-39-22)15-3-4-41(24(15)21)27(43)38-23/h1-2,5-9,23H,3-4H2,(H,37,42)(H,38,43)(H3,36,39,40). The second-order valence-corrected chi connectivity index (χ2v) is 10.2. The maximum atomic E-state index is 14.4. The zero-order valence-electron chi connectivity index (χ0n) is 21.5. The van der Waals surface area contributed by atoms with E-state index in [1.807, 2.05) is 6.07 Å². The molecule has 2 aliphatic heterocycles. The van der Waals surface area contributed by atoms with Gasteiger partial charge in [0.15, 0.2) is 5.82 Å². The van der Waals surface area contributed by atoms with Crippen molar-refractivity contribution in [1.82, 2.24) is 15.5 Å². The first-order valence-corrected chi connectivity index (χ1v) is 12.9. The fraction of sp³-hybridized carbons (Fsp3) is 0.143. The average Bonchev–Trinajstić information content (AvgIpc) is 3.56. The number of hydrogen-bond acceptors (Lipinski definition) is 5. The number of nitrogens with zero attached hydrogens (tertiary/aromatic N) is 3. The topological polar surface area (TPSA) is 140 Å². The smallest absolute Gasteiger partial charge is 0.381 e. The third-order valence-corrected chi connectivity index (χ3v) is 7.63. The van der Waals surface area contributed by atoms with Crippen LogP contribution in [0.4, 0.5) is 43.9 Å². The number of carbonyl (C=O) groups excluding carboxylic acids is 2. The van der Waals surface area contributed by atoms with Gasteiger partial charge in [0.2, 0.25) is 0 Å². The highest BCUT2D eigenvalue weighted by Crippen LogP contribution is 2.50. The molecule has 6 rings (SSSR count). The number of alkyl halides is 3. The molecule has 1 atom stereocenters. The van der Waals surface area contributed by atoms with Gasteiger partial charge in [0.1, 0.15) is 23.3 Å². The van der Waals surface area contributed by atoms with E-state index < -0.39 is 46.9 Å². The van der Waals surface area contributed by atoms with E-state index in [0.717, 1.165) is 12.1 Å². The summed E-state index contributed by atoms with van der Waals surface area (Å²) in [5.74, 6) is -3.17. The minimum absolute atomic E-state index is 0.0168. The maximum absolute atomic E-state index is 14.4. The summed E-state index contributed by atoms with van der Waals surface area (Å²) >= 11 is 6.41. The number of hydrogen-bond donors (Lipinski definition) is 4. The highest BCUT2D eigenvalue weighted by Gasteiger charge is 2.41. The lowest BCUT2D eigenvalue weighted by Crippen LogP contribution is -2.46. The fourth-order valence-corrected chi connectivity index (χ4v) is 5.66. The van der Waals surface area contributed by atoms with Gasteiger partial charge in [-0.15, -0.1) is 0 Å². The molecule has 0 aliphatic carbocycles. The van der Waals surface area contributed by atoms with Crippen LogP contribution in [0.2, 0.25) is 5.02 Å². The van der Waals surface area contributed by atoms with E-state index >= 15 is 0 Å². The van der Waals surface area contributed by atoms with Crippen molar-refractivity contribution < 1.29 is 31.5 Å². The van der Waals surface area contributed by atoms with Gasteiger partial charge in [0.05, 0.1) is 23.0 Å². The number of H-pyrrole nitrogens is 1. The van der Waals surface area contributed by atoms with Gasteiger partial charge < -0.3 is 16.4 Å². The van der Waals surface area contributed by atoms with Crippen LogP contribution in [-0.4, -0.2) is 28.7 Å². The molecule has 4 aromatic rings. The second-order valence-electron chi connectivity index (χ2n) is 9.81. The van der Waals surface area contributed by atoms with Gasteiger partial charge in [0.25, 0.3) is 5.91 Å². The van der Waals surface area contributed by atoms with Crippen LogP contribution < -0.4 is 21.3 Å². The molecule has 9 nitrogen and oxygen atoms in total. The normalized spacial score (nSPS) is 15.6. The number of aromatic amines is 1. The number of anilines is 3. The van der Waals surface area contributed by atoms with Crippen molar-refractivity contribution in [2.45, 2.75) is 18.6 Å². The molecule has 218 valence electrons. The monoisotopic (exact) mass is 613 g/mol. The van der Waals surface area contributed by atoms with Gasteiger partial charge in [-0.3, -0.25) is 14.8 Å². The van der Waals surface area contributed by atoms with E-state index in [9.17, 15) is 36.8 Å². The van der Waals surface area contributed by atoms with Crippen LogP contribution in [0.15, 0.2) is 42.5 Å². The van der Waals surface area contributed by atoms with Crippen molar-refractivity contribution in [3.05, 3.63) is 92.5 Å². The average molecular weight is 614 g/mol. The lowest BCUT2D eigenvalue weighted by molar-refractivity contribution is -0.137. The largest absolute Gasteiger partial charge is 0.416 e. The highest BCUT2D eigenvalue weighted by atomic mass is 35.5. The predicted molar refractivity (Wildman–Crippen MR) is 145 cm³/mol. The summed E-state index contributed by atoms with van der Waals surface area (Å²) in [5, 5.41) is 21.7. The lowest BCUT2D eigenvalue weighted by atomic mass is 9.88. The summed E-state index contributed by atoms with van der Waals surface area (Å²) in [6.07, 6.45) is -4.63. The van der Waals surface area contributed by atoms with E-state index in [0.29, 0.717) is 35.4 Å². The summed E-state index contributed by atoms with van der Waals surface area (Å²) in [6, 6.07) is 6.61. The Kier molecular flexibility index (Phi) is 6.50. The zero-order valence-corrected chi connectivity index (χ0v) is 22.3. The van der Waals surface area contributed by atoms with E-state index in [2.05, 4.69) is 20.8 Å². The van der Waals surface area contributed by atoms with Crippen molar-refractivity contribution in [1.29, 1.82) is 5.26 Å². The zero-order chi connectivity index (χ0) is 30.8. The molecular formula is C28H17ClF5N7O2. The fourth-order valence-electron chi connectivity index (χ4n) is 5.43. The van der Waals surface area contributed by atoms with Gasteiger partial charge in [-0.25, -0.2) is 13.6 Å². The Morgan fingerprint density at radius 2 is 1.93 bits per heavy atom. The minimum atomic E-state index is -4.93. The molecule has 0 bridgehead atoms. The number of urea groups is 1. The van der Waals surface area contributed by atoms with E-state index in [1.165, 1.54) is 17.0 Å². The molecule has 3 heterocycles. The van der Waals surface area contributed by atoms with Gasteiger partial charge in [0, 0.05) is 39.5 Å². The van der Waals surface area contributed by atoms with Crippen LogP contribution in [0, 0.1) is 23.0 Å². The molecule has 0 spiro atoms.